The van der Waals surface area contributed by atoms with E-state index in [-0.39, 0.29) is 17.5 Å². The predicted molar refractivity (Wildman–Crippen MR) is 101 cm³/mol. The van der Waals surface area contributed by atoms with Crippen molar-refractivity contribution in [1.82, 2.24) is 9.80 Å². The largest absolute Gasteiger partial charge is 0.497 e. The Morgan fingerprint density at radius 3 is 2.28 bits per heavy atom. The summed E-state index contributed by atoms with van der Waals surface area (Å²) in [6.07, 6.45) is 2.43. The molecule has 1 unspecified atom stereocenters. The van der Waals surface area contributed by atoms with Gasteiger partial charge in [0.05, 0.1) is 18.7 Å². The van der Waals surface area contributed by atoms with Gasteiger partial charge in [0.2, 0.25) is 5.91 Å². The number of carbonyl (C=O) groups excluding carboxylic acids is 1. The quantitative estimate of drug-likeness (QED) is 0.840. The van der Waals surface area contributed by atoms with Crippen LogP contribution in [-0.2, 0) is 4.79 Å². The van der Waals surface area contributed by atoms with Crippen molar-refractivity contribution in [3.8, 4) is 5.75 Å². The number of piperazine rings is 1. The van der Waals surface area contributed by atoms with Crippen molar-refractivity contribution in [2.75, 3.05) is 44.7 Å². The molecule has 2 saturated heterocycles. The molecular formula is C20H31N3O2. The van der Waals surface area contributed by atoms with Gasteiger partial charge in [-0.3, -0.25) is 9.69 Å². The molecule has 5 nitrogen and oxygen atoms in total. The first kappa shape index (κ1) is 18.1. The van der Waals surface area contributed by atoms with E-state index in [1.165, 1.54) is 18.5 Å². The Morgan fingerprint density at radius 1 is 1.08 bits per heavy atom. The van der Waals surface area contributed by atoms with Crippen molar-refractivity contribution in [3.63, 3.8) is 0 Å². The van der Waals surface area contributed by atoms with Gasteiger partial charge in [-0.2, -0.15) is 0 Å². The van der Waals surface area contributed by atoms with Gasteiger partial charge in [0.25, 0.3) is 0 Å². The summed E-state index contributed by atoms with van der Waals surface area (Å²) in [6.45, 7) is 11.0. The highest BCUT2D eigenvalue weighted by atomic mass is 16.5. The normalized spacial score (nSPS) is 22.1. The minimum atomic E-state index is -0.0901. The number of hydrogen-bond donors (Lipinski definition) is 0. The Bertz CT molecular complexity index is 593. The zero-order valence-electron chi connectivity index (χ0n) is 16.0. The Balaban J connectivity index is 1.67. The lowest BCUT2D eigenvalue weighted by Gasteiger charge is -2.49. The monoisotopic (exact) mass is 345 g/mol. The van der Waals surface area contributed by atoms with Crippen LogP contribution in [0.25, 0.3) is 0 Å². The number of rotatable bonds is 4. The Kier molecular flexibility index (Phi) is 5.23. The van der Waals surface area contributed by atoms with E-state index in [1.54, 1.807) is 7.11 Å². The van der Waals surface area contributed by atoms with E-state index >= 15 is 0 Å². The number of amides is 1. The first-order chi connectivity index (χ1) is 11.9. The Morgan fingerprint density at radius 2 is 1.72 bits per heavy atom. The molecule has 5 heteroatoms. The van der Waals surface area contributed by atoms with Crippen LogP contribution in [0.1, 0.15) is 33.6 Å². The molecule has 0 N–H and O–H groups in total. The first-order valence-electron chi connectivity index (χ1n) is 9.37. The molecule has 0 aromatic heterocycles. The molecule has 2 heterocycles. The number of hydrogen-bond acceptors (Lipinski definition) is 4. The van der Waals surface area contributed by atoms with E-state index in [9.17, 15) is 4.79 Å². The van der Waals surface area contributed by atoms with Crippen molar-refractivity contribution in [3.05, 3.63) is 24.3 Å². The molecule has 0 radical (unpaired) electrons. The lowest BCUT2D eigenvalue weighted by molar-refractivity contribution is -0.137. The molecule has 2 fully saturated rings. The maximum Gasteiger partial charge on any atom is 0.239 e. The molecule has 0 spiro atoms. The highest BCUT2D eigenvalue weighted by Crippen LogP contribution is 2.30. The molecule has 1 aromatic carbocycles. The van der Waals surface area contributed by atoms with E-state index in [0.717, 1.165) is 38.5 Å². The summed E-state index contributed by atoms with van der Waals surface area (Å²) in [6, 6.07) is 8.21. The van der Waals surface area contributed by atoms with Crippen molar-refractivity contribution >= 4 is 11.6 Å². The second-order valence-electron chi connectivity index (χ2n) is 7.84. The van der Waals surface area contributed by atoms with Gasteiger partial charge < -0.3 is 14.5 Å². The second kappa shape index (κ2) is 7.24. The highest BCUT2D eigenvalue weighted by Gasteiger charge is 2.38. The minimum Gasteiger partial charge on any atom is -0.497 e. The van der Waals surface area contributed by atoms with Crippen LogP contribution in [0.4, 0.5) is 5.69 Å². The van der Waals surface area contributed by atoms with Gasteiger partial charge >= 0.3 is 0 Å². The van der Waals surface area contributed by atoms with Crippen LogP contribution < -0.4 is 9.64 Å². The standard InChI is InChI=1S/C20H31N3O2/c1-16(21-11-5-6-12-21)19(24)22-13-14-23(20(2,3)15-22)17-7-9-18(25-4)10-8-17/h7-10,16H,5-6,11-15H2,1-4H3. The van der Waals surface area contributed by atoms with Crippen molar-refractivity contribution in [2.45, 2.75) is 45.2 Å². The summed E-state index contributed by atoms with van der Waals surface area (Å²) in [5.74, 6) is 1.15. The number of benzene rings is 1. The molecule has 1 amide bonds. The van der Waals surface area contributed by atoms with Crippen molar-refractivity contribution in [1.29, 1.82) is 0 Å². The number of anilines is 1. The van der Waals surface area contributed by atoms with Gasteiger partial charge in [0.15, 0.2) is 0 Å². The molecular weight excluding hydrogens is 314 g/mol. The maximum atomic E-state index is 12.9. The van der Waals surface area contributed by atoms with E-state index < -0.39 is 0 Å². The summed E-state index contributed by atoms with van der Waals surface area (Å²) < 4.78 is 5.26. The molecule has 2 aliphatic heterocycles. The maximum absolute atomic E-state index is 12.9. The lowest BCUT2D eigenvalue weighted by Crippen LogP contribution is -2.62. The van der Waals surface area contributed by atoms with Crippen LogP contribution in [0.2, 0.25) is 0 Å². The predicted octanol–water partition coefficient (Wildman–Crippen LogP) is 2.61. The van der Waals surface area contributed by atoms with Gasteiger partial charge in [0.1, 0.15) is 5.75 Å². The molecule has 0 bridgehead atoms. The van der Waals surface area contributed by atoms with E-state index in [2.05, 4.69) is 47.6 Å². The molecule has 138 valence electrons. The molecule has 0 saturated carbocycles. The van der Waals surface area contributed by atoms with E-state index in [1.807, 2.05) is 12.1 Å². The third kappa shape index (κ3) is 3.76. The summed E-state index contributed by atoms with van der Waals surface area (Å²) in [5.41, 5.74) is 1.10. The summed E-state index contributed by atoms with van der Waals surface area (Å²) in [4.78, 5) is 19.7. The van der Waals surface area contributed by atoms with Crippen LogP contribution in [0.3, 0.4) is 0 Å². The molecule has 1 aromatic rings. The Hall–Kier alpha value is -1.75. The fourth-order valence-corrected chi connectivity index (χ4v) is 4.13. The SMILES string of the molecule is COc1ccc(N2CCN(C(=O)C(C)N3CCCC3)CC2(C)C)cc1. The summed E-state index contributed by atoms with van der Waals surface area (Å²) >= 11 is 0. The smallest absolute Gasteiger partial charge is 0.239 e. The van der Waals surface area contributed by atoms with Crippen molar-refractivity contribution in [2.24, 2.45) is 0 Å². The van der Waals surface area contributed by atoms with Crippen molar-refractivity contribution < 1.29 is 9.53 Å². The molecule has 0 aliphatic carbocycles. The fraction of sp³-hybridized carbons (Fsp3) is 0.650. The van der Waals surface area contributed by atoms with Crippen LogP contribution in [0.15, 0.2) is 24.3 Å². The summed E-state index contributed by atoms with van der Waals surface area (Å²) in [7, 11) is 1.69. The van der Waals surface area contributed by atoms with Crippen LogP contribution >= 0.6 is 0 Å². The number of ether oxygens (including phenoxy) is 1. The third-order valence-corrected chi connectivity index (χ3v) is 5.64. The molecule has 3 rings (SSSR count). The highest BCUT2D eigenvalue weighted by molar-refractivity contribution is 5.82. The van der Waals surface area contributed by atoms with Crippen LogP contribution in [0.5, 0.6) is 5.75 Å². The second-order valence-corrected chi connectivity index (χ2v) is 7.84. The number of nitrogens with zero attached hydrogens (tertiary/aromatic N) is 3. The third-order valence-electron chi connectivity index (χ3n) is 5.64. The van der Waals surface area contributed by atoms with Gasteiger partial charge in [-0.25, -0.2) is 0 Å². The Labute approximate surface area is 151 Å². The van der Waals surface area contributed by atoms with Crippen LogP contribution in [-0.4, -0.2) is 67.1 Å². The molecule has 2 aliphatic rings. The van der Waals surface area contributed by atoms with Gasteiger partial charge in [-0.1, -0.05) is 0 Å². The average Bonchev–Trinajstić information content (AvgIpc) is 3.14. The van der Waals surface area contributed by atoms with Gasteiger partial charge in [-0.05, 0) is 71.0 Å². The lowest BCUT2D eigenvalue weighted by atomic mass is 9.97. The molecule has 1 atom stereocenters. The number of methoxy groups -OCH3 is 1. The fourth-order valence-electron chi connectivity index (χ4n) is 4.13. The first-order valence-corrected chi connectivity index (χ1v) is 9.37. The van der Waals surface area contributed by atoms with Gasteiger partial charge in [-0.15, -0.1) is 0 Å². The number of likely N-dealkylation sites (tertiary alicyclic amines) is 1. The van der Waals surface area contributed by atoms with E-state index in [4.69, 9.17) is 4.74 Å². The topological polar surface area (TPSA) is 36.0 Å². The van der Waals surface area contributed by atoms with E-state index in [0.29, 0.717) is 0 Å². The molecule has 25 heavy (non-hydrogen) atoms. The number of carbonyl (C=O) groups is 1. The zero-order chi connectivity index (χ0) is 18.0. The minimum absolute atomic E-state index is 0.00540. The summed E-state index contributed by atoms with van der Waals surface area (Å²) in [5, 5.41) is 0. The average molecular weight is 345 g/mol. The van der Waals surface area contributed by atoms with Crippen LogP contribution in [0, 0.1) is 0 Å². The zero-order valence-corrected chi connectivity index (χ0v) is 16.0. The van der Waals surface area contributed by atoms with Gasteiger partial charge in [0, 0.05) is 25.3 Å².